The molecule has 0 aromatic heterocycles. The zero-order valence-electron chi connectivity index (χ0n) is 11.2. The van der Waals surface area contributed by atoms with Gasteiger partial charge in [-0.25, -0.2) is 0 Å². The third-order valence-corrected chi connectivity index (χ3v) is 3.77. The number of fused-ring (bicyclic) bond motifs is 1. The highest BCUT2D eigenvalue weighted by Gasteiger charge is 2.24. The molecule has 0 fully saturated rings. The molecule has 0 radical (unpaired) electrons. The number of phenols is 1. The third-order valence-electron chi connectivity index (χ3n) is 3.28. The molecular weight excluding hydrogens is 334 g/mol. The van der Waals surface area contributed by atoms with Crippen molar-refractivity contribution in [2.45, 2.75) is 0 Å². The molecule has 2 N–H and O–H groups in total. The van der Waals surface area contributed by atoms with E-state index in [-0.39, 0.29) is 11.7 Å². The summed E-state index contributed by atoms with van der Waals surface area (Å²) in [6, 6.07) is 10.6. The SMILES string of the molecule is COc1cc(C=C2C(=O)Nc3ccc(Br)cc32)ccc1O. The van der Waals surface area contributed by atoms with Crippen LogP contribution in [0.4, 0.5) is 5.69 Å². The van der Waals surface area contributed by atoms with Crippen LogP contribution in [0.15, 0.2) is 40.9 Å². The second-order valence-corrected chi connectivity index (χ2v) is 5.55. The molecule has 1 aliphatic rings. The maximum absolute atomic E-state index is 12.1. The number of hydrogen-bond donors (Lipinski definition) is 2. The predicted molar refractivity (Wildman–Crippen MR) is 85.3 cm³/mol. The molecule has 1 heterocycles. The van der Waals surface area contributed by atoms with E-state index in [0.29, 0.717) is 11.3 Å². The Morgan fingerprint density at radius 1 is 1.24 bits per heavy atom. The Hall–Kier alpha value is -2.27. The first-order chi connectivity index (χ1) is 10.1. The topological polar surface area (TPSA) is 58.6 Å². The summed E-state index contributed by atoms with van der Waals surface area (Å²) in [4.78, 5) is 12.1. The van der Waals surface area contributed by atoms with Gasteiger partial charge in [0, 0.05) is 21.3 Å². The van der Waals surface area contributed by atoms with Crippen LogP contribution in [-0.4, -0.2) is 18.1 Å². The molecule has 0 bridgehead atoms. The fourth-order valence-electron chi connectivity index (χ4n) is 2.25. The van der Waals surface area contributed by atoms with Gasteiger partial charge in [-0.05, 0) is 42.0 Å². The van der Waals surface area contributed by atoms with Crippen molar-refractivity contribution >= 4 is 39.2 Å². The van der Waals surface area contributed by atoms with Gasteiger partial charge in [0.25, 0.3) is 5.91 Å². The zero-order valence-corrected chi connectivity index (χ0v) is 12.8. The van der Waals surface area contributed by atoms with Crippen LogP contribution in [0.5, 0.6) is 11.5 Å². The van der Waals surface area contributed by atoms with Gasteiger partial charge in [0.2, 0.25) is 0 Å². The number of amides is 1. The van der Waals surface area contributed by atoms with Gasteiger partial charge in [0.05, 0.1) is 7.11 Å². The molecule has 5 heteroatoms. The van der Waals surface area contributed by atoms with Crippen molar-refractivity contribution in [1.82, 2.24) is 0 Å². The highest BCUT2D eigenvalue weighted by atomic mass is 79.9. The molecule has 106 valence electrons. The summed E-state index contributed by atoms with van der Waals surface area (Å²) in [6.07, 6.45) is 1.77. The van der Waals surface area contributed by atoms with Crippen molar-refractivity contribution in [2.75, 3.05) is 12.4 Å². The summed E-state index contributed by atoms with van der Waals surface area (Å²) in [7, 11) is 1.49. The quantitative estimate of drug-likeness (QED) is 0.816. The molecule has 2 aromatic rings. The van der Waals surface area contributed by atoms with Crippen LogP contribution < -0.4 is 10.1 Å². The van der Waals surface area contributed by atoms with E-state index in [1.165, 1.54) is 7.11 Å². The summed E-state index contributed by atoms with van der Waals surface area (Å²) in [6.45, 7) is 0. The average Bonchev–Trinajstić information content (AvgIpc) is 2.77. The number of carbonyl (C=O) groups excluding carboxylic acids is 1. The molecule has 0 unspecified atom stereocenters. The van der Waals surface area contributed by atoms with Crippen molar-refractivity contribution in [2.24, 2.45) is 0 Å². The molecule has 0 aliphatic carbocycles. The number of carbonyl (C=O) groups is 1. The number of anilines is 1. The first-order valence-corrected chi connectivity index (χ1v) is 7.08. The van der Waals surface area contributed by atoms with E-state index in [2.05, 4.69) is 21.2 Å². The molecule has 0 saturated heterocycles. The minimum atomic E-state index is -0.143. The van der Waals surface area contributed by atoms with Crippen LogP contribution in [0.1, 0.15) is 11.1 Å². The monoisotopic (exact) mass is 345 g/mol. The lowest BCUT2D eigenvalue weighted by atomic mass is 10.0. The maximum atomic E-state index is 12.1. The van der Waals surface area contributed by atoms with Gasteiger partial charge in [-0.15, -0.1) is 0 Å². The second kappa shape index (κ2) is 5.26. The molecule has 4 nitrogen and oxygen atoms in total. The number of phenolic OH excluding ortho intramolecular Hbond substituents is 1. The maximum Gasteiger partial charge on any atom is 0.256 e. The fraction of sp³-hybridized carbons (Fsp3) is 0.0625. The van der Waals surface area contributed by atoms with Crippen LogP contribution in [0, 0.1) is 0 Å². The van der Waals surface area contributed by atoms with Gasteiger partial charge in [0.15, 0.2) is 11.5 Å². The third kappa shape index (κ3) is 2.52. The van der Waals surface area contributed by atoms with E-state index < -0.39 is 0 Å². The largest absolute Gasteiger partial charge is 0.504 e. The lowest BCUT2D eigenvalue weighted by Crippen LogP contribution is -2.03. The summed E-state index contributed by atoms with van der Waals surface area (Å²) >= 11 is 3.41. The van der Waals surface area contributed by atoms with E-state index in [9.17, 15) is 9.90 Å². The van der Waals surface area contributed by atoms with Gasteiger partial charge in [-0.1, -0.05) is 22.0 Å². The van der Waals surface area contributed by atoms with Crippen molar-refractivity contribution in [3.63, 3.8) is 0 Å². The summed E-state index contributed by atoms with van der Waals surface area (Å²) in [5, 5.41) is 12.4. The van der Waals surface area contributed by atoms with Crippen molar-refractivity contribution < 1.29 is 14.6 Å². The molecule has 3 rings (SSSR count). The minimum absolute atomic E-state index is 0.0682. The van der Waals surface area contributed by atoms with Crippen LogP contribution in [0.25, 0.3) is 11.6 Å². The van der Waals surface area contributed by atoms with Crippen LogP contribution in [-0.2, 0) is 4.79 Å². The fourth-order valence-corrected chi connectivity index (χ4v) is 2.62. The summed E-state index contributed by atoms with van der Waals surface area (Å²) in [5.41, 5.74) is 3.00. The Labute approximate surface area is 130 Å². The van der Waals surface area contributed by atoms with Gasteiger partial charge >= 0.3 is 0 Å². The lowest BCUT2D eigenvalue weighted by Gasteiger charge is -2.04. The second-order valence-electron chi connectivity index (χ2n) is 4.63. The highest BCUT2D eigenvalue weighted by molar-refractivity contribution is 9.10. The Morgan fingerprint density at radius 3 is 2.81 bits per heavy atom. The molecule has 1 amide bonds. The zero-order chi connectivity index (χ0) is 15.0. The van der Waals surface area contributed by atoms with E-state index in [1.807, 2.05) is 18.2 Å². The van der Waals surface area contributed by atoms with E-state index in [4.69, 9.17) is 4.74 Å². The normalized spacial score (nSPS) is 15.0. The van der Waals surface area contributed by atoms with Crippen molar-refractivity contribution in [3.05, 3.63) is 52.0 Å². The lowest BCUT2D eigenvalue weighted by molar-refractivity contribution is -0.110. The highest BCUT2D eigenvalue weighted by Crippen LogP contribution is 2.36. The number of aromatic hydroxyl groups is 1. The van der Waals surface area contributed by atoms with Crippen LogP contribution >= 0.6 is 15.9 Å². The van der Waals surface area contributed by atoms with E-state index >= 15 is 0 Å². The molecular formula is C16H12BrNO3. The number of halogens is 1. The van der Waals surface area contributed by atoms with Gasteiger partial charge in [0.1, 0.15) is 0 Å². The first kappa shape index (κ1) is 13.7. The Morgan fingerprint density at radius 2 is 2.05 bits per heavy atom. The smallest absolute Gasteiger partial charge is 0.256 e. The number of ether oxygens (including phenoxy) is 1. The molecule has 0 atom stereocenters. The molecule has 21 heavy (non-hydrogen) atoms. The number of methoxy groups -OCH3 is 1. The first-order valence-electron chi connectivity index (χ1n) is 6.28. The van der Waals surface area contributed by atoms with Crippen LogP contribution in [0.3, 0.4) is 0 Å². The molecule has 0 saturated carbocycles. The minimum Gasteiger partial charge on any atom is -0.504 e. The van der Waals surface area contributed by atoms with Crippen molar-refractivity contribution in [1.29, 1.82) is 0 Å². The van der Waals surface area contributed by atoms with Gasteiger partial charge < -0.3 is 15.2 Å². The molecule has 0 spiro atoms. The predicted octanol–water partition coefficient (Wildman–Crippen LogP) is 3.66. The molecule has 1 aliphatic heterocycles. The number of hydrogen-bond acceptors (Lipinski definition) is 3. The number of nitrogens with one attached hydrogen (secondary N) is 1. The van der Waals surface area contributed by atoms with Gasteiger partial charge in [-0.2, -0.15) is 0 Å². The molecule has 2 aromatic carbocycles. The number of benzene rings is 2. The Kier molecular flexibility index (Phi) is 3.43. The van der Waals surface area contributed by atoms with Crippen molar-refractivity contribution in [3.8, 4) is 11.5 Å². The number of rotatable bonds is 2. The van der Waals surface area contributed by atoms with Gasteiger partial charge in [-0.3, -0.25) is 4.79 Å². The average molecular weight is 346 g/mol. The summed E-state index contributed by atoms with van der Waals surface area (Å²) in [5.74, 6) is 0.297. The standard InChI is InChI=1S/C16H12BrNO3/c1-21-15-7-9(2-5-14(15)19)6-12-11-8-10(17)3-4-13(11)18-16(12)20/h2-8,19H,1H3,(H,18,20). The van der Waals surface area contributed by atoms with E-state index in [1.54, 1.807) is 24.3 Å². The Bertz CT molecular complexity index is 768. The van der Waals surface area contributed by atoms with E-state index in [0.717, 1.165) is 21.3 Å². The van der Waals surface area contributed by atoms with Crippen LogP contribution in [0.2, 0.25) is 0 Å². The summed E-state index contributed by atoms with van der Waals surface area (Å²) < 4.78 is 5.99. The Balaban J connectivity index is 2.08.